The zero-order valence-electron chi connectivity index (χ0n) is 13.6. The Bertz CT molecular complexity index is 262. The van der Waals surface area contributed by atoms with Crippen LogP contribution < -0.4 is 5.32 Å². The normalized spacial score (nSPS) is 25.3. The number of nitrogens with zero attached hydrogens (tertiary/aromatic N) is 1. The molecule has 0 radical (unpaired) electrons. The van der Waals surface area contributed by atoms with Gasteiger partial charge in [-0.15, -0.1) is 0 Å². The predicted molar refractivity (Wildman–Crippen MR) is 82.5 cm³/mol. The molecule has 0 aromatic carbocycles. The van der Waals surface area contributed by atoms with E-state index in [9.17, 15) is 5.11 Å². The lowest BCUT2D eigenvalue weighted by molar-refractivity contribution is 0.0489. The number of rotatable bonds is 6. The van der Waals surface area contributed by atoms with E-state index in [1.165, 1.54) is 19.3 Å². The largest absolute Gasteiger partial charge is 0.395 e. The van der Waals surface area contributed by atoms with Crippen molar-refractivity contribution in [1.29, 1.82) is 0 Å². The Morgan fingerprint density at radius 1 is 1.21 bits per heavy atom. The first-order valence-electron chi connectivity index (χ1n) is 7.89. The van der Waals surface area contributed by atoms with Crippen molar-refractivity contribution in [3.8, 4) is 0 Å². The van der Waals surface area contributed by atoms with E-state index in [2.05, 4.69) is 44.8 Å². The fourth-order valence-electron chi connectivity index (χ4n) is 2.74. The van der Waals surface area contributed by atoms with Crippen LogP contribution in [0, 0.1) is 5.41 Å². The molecule has 1 aliphatic heterocycles. The molecule has 2 unspecified atom stereocenters. The van der Waals surface area contributed by atoms with E-state index < -0.39 is 0 Å². The fourth-order valence-corrected chi connectivity index (χ4v) is 2.74. The maximum atomic E-state index is 9.53. The lowest BCUT2D eigenvalue weighted by Crippen LogP contribution is -2.51. The fraction of sp³-hybridized carbons (Fsp3) is 1.00. The number of nitrogens with one attached hydrogen (secondary N) is 1. The SMILES string of the molecule is CCC(C)(CNC(C)(C)C)CN1CCCCC1CO. The molecule has 0 amide bonds. The Morgan fingerprint density at radius 2 is 1.89 bits per heavy atom. The Morgan fingerprint density at radius 3 is 2.42 bits per heavy atom. The van der Waals surface area contributed by atoms with E-state index in [0.717, 1.165) is 26.1 Å². The highest BCUT2D eigenvalue weighted by Crippen LogP contribution is 2.27. The number of likely N-dealkylation sites (tertiary alicyclic amines) is 1. The second-order valence-corrected chi connectivity index (χ2v) is 7.57. The summed E-state index contributed by atoms with van der Waals surface area (Å²) in [7, 11) is 0. The zero-order chi connectivity index (χ0) is 14.5. The molecular weight excluding hydrogens is 236 g/mol. The third-order valence-corrected chi connectivity index (χ3v) is 4.44. The minimum atomic E-state index is 0.175. The van der Waals surface area contributed by atoms with Gasteiger partial charge in [0.1, 0.15) is 0 Å². The van der Waals surface area contributed by atoms with Crippen LogP contribution in [0.25, 0.3) is 0 Å². The summed E-state index contributed by atoms with van der Waals surface area (Å²) in [6.45, 7) is 14.9. The third kappa shape index (κ3) is 5.80. The lowest BCUT2D eigenvalue weighted by Gasteiger charge is -2.42. The molecule has 2 atom stereocenters. The van der Waals surface area contributed by atoms with Crippen LogP contribution in [0.5, 0.6) is 0 Å². The zero-order valence-corrected chi connectivity index (χ0v) is 13.6. The topological polar surface area (TPSA) is 35.5 Å². The summed E-state index contributed by atoms with van der Waals surface area (Å²) in [6.07, 6.45) is 4.88. The summed E-state index contributed by atoms with van der Waals surface area (Å²) in [5, 5.41) is 13.2. The van der Waals surface area contributed by atoms with Crippen molar-refractivity contribution in [3.63, 3.8) is 0 Å². The van der Waals surface area contributed by atoms with E-state index in [1.54, 1.807) is 0 Å². The van der Waals surface area contributed by atoms with Gasteiger partial charge in [0, 0.05) is 24.7 Å². The van der Waals surface area contributed by atoms with E-state index in [4.69, 9.17) is 0 Å². The van der Waals surface area contributed by atoms with Crippen LogP contribution in [0.2, 0.25) is 0 Å². The first-order valence-corrected chi connectivity index (χ1v) is 7.89. The first-order chi connectivity index (χ1) is 8.79. The molecule has 1 saturated heterocycles. The van der Waals surface area contributed by atoms with E-state index in [1.807, 2.05) is 0 Å². The van der Waals surface area contributed by atoms with Crippen molar-refractivity contribution < 1.29 is 5.11 Å². The Hall–Kier alpha value is -0.120. The smallest absolute Gasteiger partial charge is 0.0586 e. The van der Waals surface area contributed by atoms with Gasteiger partial charge in [-0.25, -0.2) is 0 Å². The average molecular weight is 270 g/mol. The minimum absolute atomic E-state index is 0.175. The van der Waals surface area contributed by atoms with Gasteiger partial charge in [0.25, 0.3) is 0 Å². The molecule has 1 aliphatic rings. The quantitative estimate of drug-likeness (QED) is 0.779. The molecule has 0 aromatic heterocycles. The maximum Gasteiger partial charge on any atom is 0.0586 e. The molecule has 3 heteroatoms. The summed E-state index contributed by atoms with van der Waals surface area (Å²) < 4.78 is 0. The number of hydrogen-bond acceptors (Lipinski definition) is 3. The van der Waals surface area contributed by atoms with Crippen LogP contribution in [-0.2, 0) is 0 Å². The highest BCUT2D eigenvalue weighted by molar-refractivity contribution is 4.86. The highest BCUT2D eigenvalue weighted by atomic mass is 16.3. The summed E-state index contributed by atoms with van der Waals surface area (Å²) in [5.74, 6) is 0. The molecule has 1 fully saturated rings. The van der Waals surface area contributed by atoms with Crippen molar-refractivity contribution in [2.75, 3.05) is 26.2 Å². The first kappa shape index (κ1) is 16.9. The van der Waals surface area contributed by atoms with Gasteiger partial charge in [0.2, 0.25) is 0 Å². The van der Waals surface area contributed by atoms with Gasteiger partial charge in [0.15, 0.2) is 0 Å². The van der Waals surface area contributed by atoms with Gasteiger partial charge in [-0.3, -0.25) is 4.90 Å². The molecule has 3 nitrogen and oxygen atoms in total. The van der Waals surface area contributed by atoms with Crippen molar-refractivity contribution in [2.24, 2.45) is 5.41 Å². The summed E-state index contributed by atoms with van der Waals surface area (Å²) in [6, 6.07) is 0.384. The van der Waals surface area contributed by atoms with Gasteiger partial charge >= 0.3 is 0 Å². The molecule has 19 heavy (non-hydrogen) atoms. The van der Waals surface area contributed by atoms with E-state index in [0.29, 0.717) is 12.6 Å². The average Bonchev–Trinajstić information content (AvgIpc) is 2.36. The van der Waals surface area contributed by atoms with Crippen LogP contribution in [0.1, 0.15) is 60.3 Å². The maximum absolute atomic E-state index is 9.53. The Labute approximate surface area is 119 Å². The van der Waals surface area contributed by atoms with Crippen LogP contribution >= 0.6 is 0 Å². The van der Waals surface area contributed by atoms with Crippen molar-refractivity contribution in [2.45, 2.75) is 71.9 Å². The van der Waals surface area contributed by atoms with Gasteiger partial charge in [-0.2, -0.15) is 0 Å². The Balaban J connectivity index is 2.57. The molecule has 0 saturated carbocycles. The van der Waals surface area contributed by atoms with E-state index in [-0.39, 0.29) is 11.0 Å². The molecule has 0 aliphatic carbocycles. The molecule has 0 aromatic rings. The van der Waals surface area contributed by atoms with Crippen LogP contribution in [0.4, 0.5) is 0 Å². The summed E-state index contributed by atoms with van der Waals surface area (Å²) >= 11 is 0. The van der Waals surface area contributed by atoms with Crippen molar-refractivity contribution in [3.05, 3.63) is 0 Å². The van der Waals surface area contributed by atoms with Crippen molar-refractivity contribution in [1.82, 2.24) is 10.2 Å². The summed E-state index contributed by atoms with van der Waals surface area (Å²) in [5.41, 5.74) is 0.465. The molecule has 2 N–H and O–H groups in total. The highest BCUT2D eigenvalue weighted by Gasteiger charge is 2.31. The van der Waals surface area contributed by atoms with Gasteiger partial charge in [-0.1, -0.05) is 20.3 Å². The second-order valence-electron chi connectivity index (χ2n) is 7.57. The van der Waals surface area contributed by atoms with Crippen molar-refractivity contribution >= 4 is 0 Å². The predicted octanol–water partition coefficient (Wildman–Crippen LogP) is 2.64. The van der Waals surface area contributed by atoms with Crippen LogP contribution in [0.3, 0.4) is 0 Å². The molecule has 0 bridgehead atoms. The molecular formula is C16H34N2O. The molecule has 114 valence electrons. The van der Waals surface area contributed by atoms with Crippen LogP contribution in [-0.4, -0.2) is 47.8 Å². The number of aliphatic hydroxyl groups is 1. The third-order valence-electron chi connectivity index (χ3n) is 4.44. The Kier molecular flexibility index (Phi) is 6.28. The number of hydrogen-bond donors (Lipinski definition) is 2. The summed E-state index contributed by atoms with van der Waals surface area (Å²) in [4.78, 5) is 2.51. The standard InChI is InChI=1S/C16H34N2O/c1-6-16(5,12-17-15(2,3)4)13-18-10-8-7-9-14(18)11-19/h14,17,19H,6-13H2,1-5H3. The van der Waals surface area contributed by atoms with Gasteiger partial charge in [-0.05, 0) is 52.0 Å². The van der Waals surface area contributed by atoms with Gasteiger partial charge < -0.3 is 10.4 Å². The number of aliphatic hydroxyl groups excluding tert-OH is 1. The molecule has 1 heterocycles. The lowest BCUT2D eigenvalue weighted by atomic mass is 9.84. The second kappa shape index (κ2) is 7.05. The monoisotopic (exact) mass is 270 g/mol. The van der Waals surface area contributed by atoms with E-state index >= 15 is 0 Å². The number of piperidine rings is 1. The minimum Gasteiger partial charge on any atom is -0.395 e. The van der Waals surface area contributed by atoms with Gasteiger partial charge in [0.05, 0.1) is 6.61 Å². The molecule has 1 rings (SSSR count). The molecule has 0 spiro atoms. The van der Waals surface area contributed by atoms with Crippen LogP contribution in [0.15, 0.2) is 0 Å².